The lowest BCUT2D eigenvalue weighted by Gasteiger charge is -2.12. The number of hydrogen-bond acceptors (Lipinski definition) is 2. The molecule has 0 radical (unpaired) electrons. The quantitative estimate of drug-likeness (QED) is 0.943. The Hall–Kier alpha value is -1.72. The van der Waals surface area contributed by atoms with Gasteiger partial charge in [-0.1, -0.05) is 30.3 Å². The van der Waals surface area contributed by atoms with Gasteiger partial charge in [0.05, 0.1) is 4.90 Å². The zero-order valence-electron chi connectivity index (χ0n) is 10.7. The van der Waals surface area contributed by atoms with E-state index in [1.807, 2.05) is 24.3 Å². The Morgan fingerprint density at radius 1 is 1.00 bits per heavy atom. The van der Waals surface area contributed by atoms with Crippen molar-refractivity contribution in [2.24, 2.45) is 0 Å². The van der Waals surface area contributed by atoms with Crippen LogP contribution in [-0.2, 0) is 22.9 Å². The minimum absolute atomic E-state index is 0.0338. The molecular weight excluding hydrogens is 277 g/mol. The van der Waals surface area contributed by atoms with E-state index < -0.39 is 15.8 Å². The van der Waals surface area contributed by atoms with Crippen LogP contribution in [0, 0.1) is 5.82 Å². The van der Waals surface area contributed by atoms with Gasteiger partial charge in [-0.2, -0.15) is 0 Å². The molecule has 5 heteroatoms. The van der Waals surface area contributed by atoms with Gasteiger partial charge >= 0.3 is 0 Å². The number of fused-ring (bicyclic) bond motifs is 1. The summed E-state index contributed by atoms with van der Waals surface area (Å²) in [7, 11) is -3.67. The van der Waals surface area contributed by atoms with Gasteiger partial charge in [0.1, 0.15) is 5.82 Å². The minimum Gasteiger partial charge on any atom is -0.207 e. The van der Waals surface area contributed by atoms with Gasteiger partial charge in [0.2, 0.25) is 10.0 Å². The highest BCUT2D eigenvalue weighted by atomic mass is 32.2. The van der Waals surface area contributed by atoms with Crippen LogP contribution >= 0.6 is 0 Å². The van der Waals surface area contributed by atoms with Crippen LogP contribution in [0.15, 0.2) is 53.4 Å². The summed E-state index contributed by atoms with van der Waals surface area (Å²) in [6.07, 6.45) is 1.34. The van der Waals surface area contributed by atoms with Crippen molar-refractivity contribution in [1.82, 2.24) is 4.72 Å². The first kappa shape index (κ1) is 13.3. The van der Waals surface area contributed by atoms with Crippen LogP contribution in [-0.4, -0.2) is 14.5 Å². The maximum Gasteiger partial charge on any atom is 0.240 e. The molecule has 0 atom stereocenters. The Labute approximate surface area is 117 Å². The van der Waals surface area contributed by atoms with Crippen LogP contribution in [0.3, 0.4) is 0 Å². The van der Waals surface area contributed by atoms with Crippen LogP contribution in [0.5, 0.6) is 0 Å². The fourth-order valence-corrected chi connectivity index (χ4v) is 3.83. The highest BCUT2D eigenvalue weighted by Gasteiger charge is 2.26. The summed E-state index contributed by atoms with van der Waals surface area (Å²) in [5, 5.41) is 0. The summed E-state index contributed by atoms with van der Waals surface area (Å²) in [5.74, 6) is -0.553. The zero-order chi connectivity index (χ0) is 14.2. The third kappa shape index (κ3) is 2.59. The molecular formula is C15H14FNO2S. The third-order valence-electron chi connectivity index (χ3n) is 3.48. The maximum absolute atomic E-state index is 13.1. The van der Waals surface area contributed by atoms with Crippen LogP contribution < -0.4 is 4.72 Å². The second-order valence-corrected chi connectivity index (χ2v) is 6.67. The predicted octanol–water partition coefficient (Wildman–Crippen LogP) is 2.27. The Bertz CT molecular complexity index is 718. The van der Waals surface area contributed by atoms with Gasteiger partial charge < -0.3 is 0 Å². The topological polar surface area (TPSA) is 46.2 Å². The van der Waals surface area contributed by atoms with E-state index in [0.29, 0.717) is 12.8 Å². The second kappa shape index (κ2) is 5.00. The molecule has 0 amide bonds. The van der Waals surface area contributed by atoms with Gasteiger partial charge in [-0.25, -0.2) is 17.5 Å². The van der Waals surface area contributed by atoms with Gasteiger partial charge in [-0.3, -0.25) is 0 Å². The molecule has 0 heterocycles. The molecule has 0 bridgehead atoms. The molecule has 0 spiro atoms. The molecule has 0 fully saturated rings. The van der Waals surface area contributed by atoms with Crippen molar-refractivity contribution in [3.8, 4) is 0 Å². The third-order valence-corrected chi connectivity index (χ3v) is 5.00. The molecule has 1 aliphatic carbocycles. The predicted molar refractivity (Wildman–Crippen MR) is 74.4 cm³/mol. The fourth-order valence-electron chi connectivity index (χ4n) is 2.56. The lowest BCUT2D eigenvalue weighted by molar-refractivity contribution is 0.553. The average Bonchev–Trinajstić information content (AvgIpc) is 2.80. The number of nitrogens with one attached hydrogen (secondary N) is 1. The molecule has 2 aromatic carbocycles. The molecule has 0 unspecified atom stereocenters. The average molecular weight is 291 g/mol. The van der Waals surface area contributed by atoms with Gasteiger partial charge in [0, 0.05) is 6.04 Å². The number of benzene rings is 2. The SMILES string of the molecule is O=S(=O)(NC1Cc2ccccc2C1)c1cccc(F)c1. The molecule has 0 aromatic heterocycles. The van der Waals surface area contributed by atoms with Crippen LogP contribution in [0.4, 0.5) is 4.39 Å². The Balaban J connectivity index is 1.79. The normalized spacial score (nSPS) is 15.2. The summed E-state index contributed by atoms with van der Waals surface area (Å²) in [5.41, 5.74) is 2.33. The summed E-state index contributed by atoms with van der Waals surface area (Å²) in [6, 6.07) is 12.8. The molecule has 0 saturated heterocycles. The number of sulfonamides is 1. The number of hydrogen-bond donors (Lipinski definition) is 1. The fraction of sp³-hybridized carbons (Fsp3) is 0.200. The Morgan fingerprint density at radius 3 is 2.25 bits per heavy atom. The lowest BCUT2D eigenvalue weighted by Crippen LogP contribution is -2.35. The molecule has 3 rings (SSSR count). The maximum atomic E-state index is 13.1. The van der Waals surface area contributed by atoms with Crippen LogP contribution in [0.2, 0.25) is 0 Å². The highest BCUT2D eigenvalue weighted by molar-refractivity contribution is 7.89. The first-order valence-electron chi connectivity index (χ1n) is 6.39. The molecule has 1 N–H and O–H groups in total. The van der Waals surface area contributed by atoms with Crippen molar-refractivity contribution >= 4 is 10.0 Å². The van der Waals surface area contributed by atoms with Gasteiger partial charge in [0.25, 0.3) is 0 Å². The molecule has 3 nitrogen and oxygen atoms in total. The number of rotatable bonds is 3. The molecule has 0 aliphatic heterocycles. The molecule has 2 aromatic rings. The van der Waals surface area contributed by atoms with E-state index in [1.54, 1.807) is 0 Å². The van der Waals surface area contributed by atoms with Crippen molar-refractivity contribution < 1.29 is 12.8 Å². The van der Waals surface area contributed by atoms with Gasteiger partial charge in [-0.05, 0) is 42.2 Å². The van der Waals surface area contributed by atoms with Crippen LogP contribution in [0.25, 0.3) is 0 Å². The van der Waals surface area contributed by atoms with Crippen LogP contribution in [0.1, 0.15) is 11.1 Å². The van der Waals surface area contributed by atoms with Crippen molar-refractivity contribution in [3.63, 3.8) is 0 Å². The van der Waals surface area contributed by atoms with E-state index >= 15 is 0 Å². The smallest absolute Gasteiger partial charge is 0.207 e. The first-order valence-corrected chi connectivity index (χ1v) is 7.87. The zero-order valence-corrected chi connectivity index (χ0v) is 11.5. The number of halogens is 1. The Kier molecular flexibility index (Phi) is 3.31. The van der Waals surface area contributed by atoms with E-state index in [1.165, 1.54) is 29.3 Å². The molecule has 1 aliphatic rings. The molecule has 0 saturated carbocycles. The van der Waals surface area contributed by atoms with E-state index in [2.05, 4.69) is 4.72 Å². The van der Waals surface area contributed by atoms with Crippen molar-refractivity contribution in [2.45, 2.75) is 23.8 Å². The summed E-state index contributed by atoms with van der Waals surface area (Å²) < 4.78 is 40.2. The highest BCUT2D eigenvalue weighted by Crippen LogP contribution is 2.23. The molecule has 104 valence electrons. The second-order valence-electron chi connectivity index (χ2n) is 4.95. The van der Waals surface area contributed by atoms with E-state index in [4.69, 9.17) is 0 Å². The summed E-state index contributed by atoms with van der Waals surface area (Å²) in [6.45, 7) is 0. The first-order chi connectivity index (χ1) is 9.54. The van der Waals surface area contributed by atoms with Gasteiger partial charge in [-0.15, -0.1) is 0 Å². The standard InChI is InChI=1S/C15H14FNO2S/c16-13-6-3-7-15(10-13)20(18,19)17-14-8-11-4-1-2-5-12(11)9-14/h1-7,10,14,17H,8-9H2. The lowest BCUT2D eigenvalue weighted by atomic mass is 10.1. The van der Waals surface area contributed by atoms with E-state index in [0.717, 1.165) is 6.07 Å². The van der Waals surface area contributed by atoms with Crippen molar-refractivity contribution in [3.05, 3.63) is 65.5 Å². The van der Waals surface area contributed by atoms with E-state index in [9.17, 15) is 12.8 Å². The minimum atomic E-state index is -3.67. The van der Waals surface area contributed by atoms with Gasteiger partial charge in [0.15, 0.2) is 0 Å². The van der Waals surface area contributed by atoms with E-state index in [-0.39, 0.29) is 10.9 Å². The summed E-state index contributed by atoms with van der Waals surface area (Å²) in [4.78, 5) is -0.0338. The monoisotopic (exact) mass is 291 g/mol. The summed E-state index contributed by atoms with van der Waals surface area (Å²) >= 11 is 0. The van der Waals surface area contributed by atoms with Crippen molar-refractivity contribution in [1.29, 1.82) is 0 Å². The Morgan fingerprint density at radius 2 is 1.65 bits per heavy atom. The van der Waals surface area contributed by atoms with Crippen molar-refractivity contribution in [2.75, 3.05) is 0 Å². The molecule has 20 heavy (non-hydrogen) atoms. The largest absolute Gasteiger partial charge is 0.240 e.